The van der Waals surface area contributed by atoms with E-state index in [1.165, 1.54) is 0 Å². The predicted molar refractivity (Wildman–Crippen MR) is 117 cm³/mol. The third-order valence-corrected chi connectivity index (χ3v) is 5.73. The Morgan fingerprint density at radius 1 is 1.18 bits per heavy atom. The van der Waals surface area contributed by atoms with Crippen LogP contribution in [0.2, 0.25) is 5.02 Å². The zero-order valence-corrected chi connectivity index (χ0v) is 18.1. The topological polar surface area (TPSA) is 49.4 Å². The van der Waals surface area contributed by atoms with E-state index in [9.17, 15) is 9.59 Å². The summed E-state index contributed by atoms with van der Waals surface area (Å²) in [4.78, 5) is 28.1. The van der Waals surface area contributed by atoms with Gasteiger partial charge in [0.2, 0.25) is 11.8 Å². The zero-order chi connectivity index (χ0) is 20.5. The zero-order valence-electron chi connectivity index (χ0n) is 16.6. The molecule has 0 aliphatic heterocycles. The van der Waals surface area contributed by atoms with Crippen LogP contribution in [0.25, 0.3) is 0 Å². The molecule has 0 fully saturated rings. The Morgan fingerprint density at radius 3 is 2.50 bits per heavy atom. The molecule has 2 aromatic rings. The molecule has 0 radical (unpaired) electrons. The van der Waals surface area contributed by atoms with Gasteiger partial charge in [-0.2, -0.15) is 0 Å². The highest BCUT2D eigenvalue weighted by molar-refractivity contribution is 7.99. The molecule has 1 atom stereocenters. The van der Waals surface area contributed by atoms with E-state index in [4.69, 9.17) is 11.6 Å². The first kappa shape index (κ1) is 22.3. The molecule has 0 aliphatic carbocycles. The lowest BCUT2D eigenvalue weighted by Crippen LogP contribution is -2.48. The van der Waals surface area contributed by atoms with Gasteiger partial charge >= 0.3 is 0 Å². The molecule has 2 rings (SSSR count). The number of rotatable bonds is 9. The molecule has 0 spiro atoms. The van der Waals surface area contributed by atoms with Crippen LogP contribution in [0.3, 0.4) is 0 Å². The highest BCUT2D eigenvalue weighted by Gasteiger charge is 2.27. The Labute approximate surface area is 176 Å². The van der Waals surface area contributed by atoms with Gasteiger partial charge in [0.25, 0.3) is 0 Å². The molecular formula is C22H27ClN2O2S. The number of amides is 2. The van der Waals surface area contributed by atoms with Crippen molar-refractivity contribution in [1.82, 2.24) is 10.2 Å². The van der Waals surface area contributed by atoms with Gasteiger partial charge in [-0.25, -0.2) is 0 Å². The second kappa shape index (κ2) is 11.1. The van der Waals surface area contributed by atoms with Gasteiger partial charge in [0.1, 0.15) is 6.04 Å². The number of hydrogen-bond acceptors (Lipinski definition) is 3. The summed E-state index contributed by atoms with van der Waals surface area (Å²) in [5.74, 6) is 0.502. The first-order valence-electron chi connectivity index (χ1n) is 9.39. The van der Waals surface area contributed by atoms with Gasteiger partial charge in [-0.05, 0) is 43.2 Å². The molecule has 6 heteroatoms. The summed E-state index contributed by atoms with van der Waals surface area (Å²) in [7, 11) is 1.61. The van der Waals surface area contributed by atoms with E-state index in [2.05, 4.69) is 11.4 Å². The van der Waals surface area contributed by atoms with Gasteiger partial charge in [0.05, 0.1) is 0 Å². The lowest BCUT2D eigenvalue weighted by molar-refractivity contribution is -0.140. The molecule has 0 saturated heterocycles. The molecule has 0 saturated carbocycles. The molecule has 4 nitrogen and oxygen atoms in total. The normalized spacial score (nSPS) is 11.7. The summed E-state index contributed by atoms with van der Waals surface area (Å²) in [6, 6.07) is 15.1. The quantitative estimate of drug-likeness (QED) is 0.601. The maximum Gasteiger partial charge on any atom is 0.242 e. The fraction of sp³-hybridized carbons (Fsp3) is 0.364. The van der Waals surface area contributed by atoms with E-state index in [1.54, 1.807) is 23.7 Å². The second-order valence-corrected chi connectivity index (χ2v) is 8.21. The summed E-state index contributed by atoms with van der Waals surface area (Å²) in [5, 5.41) is 3.38. The number of hydrogen-bond donors (Lipinski definition) is 1. The number of benzene rings is 2. The summed E-state index contributed by atoms with van der Waals surface area (Å²) >= 11 is 7.52. The molecule has 2 amide bonds. The monoisotopic (exact) mass is 418 g/mol. The number of nitrogens with zero attached hydrogens (tertiary/aromatic N) is 1. The third-order valence-electron chi connectivity index (χ3n) is 4.47. The highest BCUT2D eigenvalue weighted by atomic mass is 35.5. The Kier molecular flexibility index (Phi) is 8.87. The Hall–Kier alpha value is -1.98. The molecule has 0 aromatic heterocycles. The number of carbonyl (C=O) groups is 2. The van der Waals surface area contributed by atoms with E-state index in [0.717, 1.165) is 16.0 Å². The van der Waals surface area contributed by atoms with Crippen molar-refractivity contribution >= 4 is 35.2 Å². The van der Waals surface area contributed by atoms with Crippen molar-refractivity contribution in [3.63, 3.8) is 0 Å². The van der Waals surface area contributed by atoms with E-state index >= 15 is 0 Å². The van der Waals surface area contributed by atoms with Gasteiger partial charge in [-0.3, -0.25) is 9.59 Å². The van der Waals surface area contributed by atoms with Crippen LogP contribution in [-0.2, 0) is 16.1 Å². The summed E-state index contributed by atoms with van der Waals surface area (Å²) in [5.41, 5.74) is 2.16. The third kappa shape index (κ3) is 6.57. The average molecular weight is 419 g/mol. The Balaban J connectivity index is 2.08. The lowest BCUT2D eigenvalue weighted by Gasteiger charge is -2.30. The average Bonchev–Trinajstić information content (AvgIpc) is 2.69. The van der Waals surface area contributed by atoms with Crippen molar-refractivity contribution < 1.29 is 9.59 Å². The van der Waals surface area contributed by atoms with Crippen LogP contribution in [-0.4, -0.2) is 35.6 Å². The molecule has 0 unspecified atom stereocenters. The number of thioether (sulfide) groups is 1. The first-order chi connectivity index (χ1) is 13.4. The van der Waals surface area contributed by atoms with Crippen molar-refractivity contribution in [3.8, 4) is 0 Å². The Morgan fingerprint density at radius 2 is 1.89 bits per heavy atom. The predicted octanol–water partition coefficient (Wildman–Crippen LogP) is 4.68. The number of carbonyl (C=O) groups excluding carboxylic acids is 2. The van der Waals surface area contributed by atoms with E-state index in [0.29, 0.717) is 30.2 Å². The molecule has 1 N–H and O–H groups in total. The van der Waals surface area contributed by atoms with Crippen LogP contribution >= 0.6 is 23.4 Å². The van der Waals surface area contributed by atoms with Crippen LogP contribution in [0, 0.1) is 6.92 Å². The smallest absolute Gasteiger partial charge is 0.242 e. The van der Waals surface area contributed by atoms with E-state index in [1.807, 2.05) is 56.3 Å². The minimum atomic E-state index is -0.474. The lowest BCUT2D eigenvalue weighted by atomic mass is 10.1. The minimum absolute atomic E-state index is 0.0154. The second-order valence-electron chi connectivity index (χ2n) is 6.60. The largest absolute Gasteiger partial charge is 0.357 e. The summed E-state index contributed by atoms with van der Waals surface area (Å²) in [6.07, 6.45) is 0.939. The van der Waals surface area contributed by atoms with Crippen LogP contribution in [0.1, 0.15) is 30.9 Å². The molecule has 0 heterocycles. The van der Waals surface area contributed by atoms with E-state index < -0.39 is 6.04 Å². The van der Waals surface area contributed by atoms with Crippen LogP contribution in [0.4, 0.5) is 0 Å². The van der Waals surface area contributed by atoms with Crippen LogP contribution in [0.15, 0.2) is 53.4 Å². The SMILES string of the molecule is CC[C@@H](C(=O)NC)N(Cc1cccc(C)c1)C(=O)CCSc1ccc(Cl)cc1. The number of likely N-dealkylation sites (N-methyl/N-ethyl adjacent to an activating group) is 1. The van der Waals surface area contributed by atoms with Crippen LogP contribution in [0.5, 0.6) is 0 Å². The maximum absolute atomic E-state index is 13.0. The van der Waals surface area contributed by atoms with Crippen molar-refractivity contribution in [2.45, 2.75) is 44.2 Å². The number of aryl methyl sites for hydroxylation is 1. The standard InChI is InChI=1S/C22H27ClN2O2S/c1-4-20(22(27)24-3)25(15-17-7-5-6-16(2)14-17)21(26)12-13-28-19-10-8-18(23)9-11-19/h5-11,14,20H,4,12-13,15H2,1-3H3,(H,24,27)/t20-/m0/s1. The molecule has 28 heavy (non-hydrogen) atoms. The molecule has 0 bridgehead atoms. The fourth-order valence-corrected chi connectivity index (χ4v) is 3.99. The molecule has 150 valence electrons. The Bertz CT molecular complexity index is 795. The highest BCUT2D eigenvalue weighted by Crippen LogP contribution is 2.22. The fourth-order valence-electron chi connectivity index (χ4n) is 3.02. The van der Waals surface area contributed by atoms with Crippen molar-refractivity contribution in [2.24, 2.45) is 0 Å². The number of nitrogens with one attached hydrogen (secondary N) is 1. The van der Waals surface area contributed by atoms with Gasteiger partial charge in [-0.15, -0.1) is 11.8 Å². The first-order valence-corrected chi connectivity index (χ1v) is 10.8. The van der Waals surface area contributed by atoms with Crippen molar-refractivity contribution in [1.29, 1.82) is 0 Å². The van der Waals surface area contributed by atoms with Gasteiger partial charge in [0, 0.05) is 35.7 Å². The van der Waals surface area contributed by atoms with Crippen molar-refractivity contribution in [3.05, 3.63) is 64.7 Å². The van der Waals surface area contributed by atoms with Gasteiger partial charge in [-0.1, -0.05) is 48.4 Å². The maximum atomic E-state index is 13.0. The van der Waals surface area contributed by atoms with Gasteiger partial charge in [0.15, 0.2) is 0 Å². The van der Waals surface area contributed by atoms with Crippen LogP contribution < -0.4 is 5.32 Å². The molecule has 2 aromatic carbocycles. The molecule has 0 aliphatic rings. The summed E-state index contributed by atoms with van der Waals surface area (Å²) in [6.45, 7) is 4.38. The minimum Gasteiger partial charge on any atom is -0.357 e. The van der Waals surface area contributed by atoms with Gasteiger partial charge < -0.3 is 10.2 Å². The molecular weight excluding hydrogens is 392 g/mol. The number of halogens is 1. The summed E-state index contributed by atoms with van der Waals surface area (Å²) < 4.78 is 0. The van der Waals surface area contributed by atoms with Crippen molar-refractivity contribution in [2.75, 3.05) is 12.8 Å². The van der Waals surface area contributed by atoms with E-state index in [-0.39, 0.29) is 11.8 Å².